The van der Waals surface area contributed by atoms with E-state index < -0.39 is 7.25 Å². The Balaban J connectivity index is 2.69. The van der Waals surface area contributed by atoms with Crippen LogP contribution in [-0.4, -0.2) is 27.0 Å². The lowest BCUT2D eigenvalue weighted by molar-refractivity contribution is 0.385. The van der Waals surface area contributed by atoms with Gasteiger partial charge in [0.05, 0.1) is 11.7 Å². The van der Waals surface area contributed by atoms with Crippen LogP contribution in [0.4, 0.5) is 0 Å². The van der Waals surface area contributed by atoms with Crippen LogP contribution in [0.1, 0.15) is 5.56 Å². The smallest absolute Gasteiger partial charge is 0.407 e. The molecule has 4 nitrogen and oxygen atoms in total. The molecule has 2 N–H and O–H groups in total. The van der Waals surface area contributed by atoms with Crippen molar-refractivity contribution in [1.82, 2.24) is 9.69 Å². The highest BCUT2D eigenvalue weighted by atomic mass is 16.4. The van der Waals surface area contributed by atoms with Gasteiger partial charge in [-0.1, -0.05) is 11.6 Å². The monoisotopic (exact) mass is 176 g/mol. The number of rotatable bonds is 1. The van der Waals surface area contributed by atoms with Crippen LogP contribution >= 0.6 is 0 Å². The predicted octanol–water partition coefficient (Wildman–Crippen LogP) is 0.162. The standard InChI is InChI=1S/C8H9BN2O2/c1-6-2-3-8-7(4-6)5-10-11(8)9(12)13/h2-5,12-13H,1H3. The molecule has 0 radical (unpaired) electrons. The molecule has 0 saturated carbocycles. The second-order valence-electron chi connectivity index (χ2n) is 3.00. The van der Waals surface area contributed by atoms with Gasteiger partial charge >= 0.3 is 7.25 Å². The SMILES string of the molecule is Cc1ccc2c(cnn2B(O)O)c1. The summed E-state index contributed by atoms with van der Waals surface area (Å²) < 4.78 is 1.16. The van der Waals surface area contributed by atoms with E-state index in [9.17, 15) is 0 Å². The maximum Gasteiger partial charge on any atom is 0.609 e. The third kappa shape index (κ3) is 1.32. The van der Waals surface area contributed by atoms with Gasteiger partial charge in [0.2, 0.25) is 0 Å². The summed E-state index contributed by atoms with van der Waals surface area (Å²) in [6, 6.07) is 5.67. The minimum absolute atomic E-state index is 0.723. The summed E-state index contributed by atoms with van der Waals surface area (Å²) in [5.74, 6) is 0. The molecular weight excluding hydrogens is 167 g/mol. The first-order valence-corrected chi connectivity index (χ1v) is 3.98. The minimum Gasteiger partial charge on any atom is -0.407 e. The summed E-state index contributed by atoms with van der Waals surface area (Å²) in [5.41, 5.74) is 1.85. The second-order valence-corrected chi connectivity index (χ2v) is 3.00. The zero-order chi connectivity index (χ0) is 9.42. The Bertz CT molecular complexity index is 439. The zero-order valence-electron chi connectivity index (χ0n) is 7.18. The fraction of sp³-hybridized carbons (Fsp3) is 0.125. The van der Waals surface area contributed by atoms with Crippen LogP contribution in [0.15, 0.2) is 24.4 Å². The van der Waals surface area contributed by atoms with Gasteiger partial charge in [0.15, 0.2) is 0 Å². The molecular formula is C8H9BN2O2. The first-order chi connectivity index (χ1) is 6.18. The van der Waals surface area contributed by atoms with Crippen molar-refractivity contribution in [2.75, 3.05) is 0 Å². The van der Waals surface area contributed by atoms with E-state index in [0.717, 1.165) is 21.1 Å². The maximum absolute atomic E-state index is 8.94. The quantitative estimate of drug-likeness (QED) is 0.608. The number of benzene rings is 1. The highest BCUT2D eigenvalue weighted by molar-refractivity contribution is 6.40. The van der Waals surface area contributed by atoms with Gasteiger partial charge in [-0.15, -0.1) is 0 Å². The summed E-state index contributed by atoms with van der Waals surface area (Å²) in [7, 11) is -1.57. The van der Waals surface area contributed by atoms with E-state index in [-0.39, 0.29) is 0 Å². The Kier molecular flexibility index (Phi) is 1.83. The molecule has 13 heavy (non-hydrogen) atoms. The molecule has 0 aliphatic rings. The van der Waals surface area contributed by atoms with E-state index in [2.05, 4.69) is 5.10 Å². The molecule has 0 aliphatic heterocycles. The number of aryl methyl sites for hydroxylation is 1. The maximum atomic E-state index is 8.94. The summed E-state index contributed by atoms with van der Waals surface area (Å²) in [4.78, 5) is 0. The summed E-state index contributed by atoms with van der Waals surface area (Å²) in [6.07, 6.45) is 1.61. The van der Waals surface area contributed by atoms with Crippen molar-refractivity contribution in [2.24, 2.45) is 0 Å². The topological polar surface area (TPSA) is 58.3 Å². The molecule has 1 aromatic heterocycles. The predicted molar refractivity (Wildman–Crippen MR) is 50.1 cm³/mol. The van der Waals surface area contributed by atoms with E-state index in [1.54, 1.807) is 6.20 Å². The Morgan fingerprint density at radius 1 is 1.38 bits per heavy atom. The van der Waals surface area contributed by atoms with Crippen molar-refractivity contribution < 1.29 is 10.0 Å². The van der Waals surface area contributed by atoms with Crippen LogP contribution in [0.3, 0.4) is 0 Å². The van der Waals surface area contributed by atoms with Gasteiger partial charge in [-0.2, -0.15) is 5.10 Å². The molecule has 1 heterocycles. The molecule has 2 rings (SSSR count). The molecule has 5 heteroatoms. The molecule has 2 aromatic rings. The fourth-order valence-electron chi connectivity index (χ4n) is 1.36. The van der Waals surface area contributed by atoms with Gasteiger partial charge < -0.3 is 10.0 Å². The van der Waals surface area contributed by atoms with Crippen LogP contribution < -0.4 is 0 Å². The average molecular weight is 176 g/mol. The lowest BCUT2D eigenvalue weighted by atomic mass is 10.1. The van der Waals surface area contributed by atoms with Crippen molar-refractivity contribution in [3.63, 3.8) is 0 Å². The van der Waals surface area contributed by atoms with Crippen molar-refractivity contribution in [2.45, 2.75) is 6.92 Å². The zero-order valence-corrected chi connectivity index (χ0v) is 7.18. The van der Waals surface area contributed by atoms with E-state index in [1.165, 1.54) is 0 Å². The number of hydrogen-bond donors (Lipinski definition) is 2. The van der Waals surface area contributed by atoms with E-state index in [1.807, 2.05) is 25.1 Å². The molecule has 0 aliphatic carbocycles. The third-order valence-corrected chi connectivity index (χ3v) is 1.97. The van der Waals surface area contributed by atoms with Crippen LogP contribution in [-0.2, 0) is 0 Å². The fourth-order valence-corrected chi connectivity index (χ4v) is 1.36. The molecule has 0 bridgehead atoms. The van der Waals surface area contributed by atoms with E-state index in [4.69, 9.17) is 10.0 Å². The van der Waals surface area contributed by atoms with Crippen LogP contribution in [0, 0.1) is 6.92 Å². The van der Waals surface area contributed by atoms with Crippen LogP contribution in [0.5, 0.6) is 0 Å². The Labute approximate surface area is 75.6 Å². The van der Waals surface area contributed by atoms with Gasteiger partial charge in [0.1, 0.15) is 0 Å². The molecule has 0 fully saturated rings. The van der Waals surface area contributed by atoms with Gasteiger partial charge in [-0.25, -0.2) is 0 Å². The van der Waals surface area contributed by atoms with Crippen molar-refractivity contribution >= 4 is 18.2 Å². The van der Waals surface area contributed by atoms with Gasteiger partial charge in [0, 0.05) is 5.39 Å². The lowest BCUT2D eigenvalue weighted by Crippen LogP contribution is -2.24. The average Bonchev–Trinajstić information content (AvgIpc) is 2.46. The molecule has 0 spiro atoms. The van der Waals surface area contributed by atoms with Crippen LogP contribution in [0.2, 0.25) is 0 Å². The minimum atomic E-state index is -1.57. The normalized spacial score (nSPS) is 10.7. The number of fused-ring (bicyclic) bond motifs is 1. The van der Waals surface area contributed by atoms with E-state index in [0.29, 0.717) is 0 Å². The van der Waals surface area contributed by atoms with Crippen molar-refractivity contribution in [3.05, 3.63) is 30.0 Å². The summed E-state index contributed by atoms with van der Waals surface area (Å²) in [6.45, 7) is 1.98. The van der Waals surface area contributed by atoms with Gasteiger partial charge in [-0.05, 0) is 19.1 Å². The third-order valence-electron chi connectivity index (χ3n) is 1.97. The van der Waals surface area contributed by atoms with Crippen LogP contribution in [0.25, 0.3) is 10.9 Å². The number of aromatic nitrogens is 2. The Morgan fingerprint density at radius 3 is 2.85 bits per heavy atom. The highest BCUT2D eigenvalue weighted by Gasteiger charge is 2.14. The van der Waals surface area contributed by atoms with Crippen molar-refractivity contribution in [3.8, 4) is 0 Å². The van der Waals surface area contributed by atoms with Gasteiger partial charge in [0.25, 0.3) is 0 Å². The Hall–Kier alpha value is -1.33. The number of nitrogens with zero attached hydrogens (tertiary/aromatic N) is 2. The first-order valence-electron chi connectivity index (χ1n) is 3.98. The summed E-state index contributed by atoms with van der Waals surface area (Å²) in [5, 5.41) is 22.6. The van der Waals surface area contributed by atoms with E-state index >= 15 is 0 Å². The second kappa shape index (κ2) is 2.87. The highest BCUT2D eigenvalue weighted by Crippen LogP contribution is 2.14. The molecule has 0 saturated heterocycles. The lowest BCUT2D eigenvalue weighted by Gasteiger charge is -1.99. The van der Waals surface area contributed by atoms with Gasteiger partial charge in [-0.3, -0.25) is 4.59 Å². The molecule has 0 atom stereocenters. The molecule has 66 valence electrons. The first kappa shape index (κ1) is 8.28. The van der Waals surface area contributed by atoms with Crippen molar-refractivity contribution in [1.29, 1.82) is 0 Å². The molecule has 1 aromatic carbocycles. The largest absolute Gasteiger partial charge is 0.609 e. The summed E-state index contributed by atoms with van der Waals surface area (Å²) >= 11 is 0. The molecule has 0 unspecified atom stereocenters. The Morgan fingerprint density at radius 2 is 2.15 bits per heavy atom. The number of hydrogen-bond acceptors (Lipinski definition) is 3. The molecule has 0 amide bonds.